The Morgan fingerprint density at radius 1 is 1.60 bits per heavy atom. The van der Waals surface area contributed by atoms with Crippen LogP contribution in [0.5, 0.6) is 0 Å². The van der Waals surface area contributed by atoms with Gasteiger partial charge in [-0.05, 0) is 47.8 Å². The van der Waals surface area contributed by atoms with Crippen LogP contribution in [0, 0.1) is 0 Å². The van der Waals surface area contributed by atoms with E-state index in [4.69, 9.17) is 0 Å². The number of hydrogen-bond donors (Lipinski definition) is 2. The molecule has 1 saturated heterocycles. The van der Waals surface area contributed by atoms with E-state index in [1.54, 1.807) is 0 Å². The maximum Gasteiger partial charge on any atom is 0.0285 e. The predicted molar refractivity (Wildman–Crippen MR) is 69.6 cm³/mol. The molecule has 1 fully saturated rings. The molecule has 1 aromatic rings. The van der Waals surface area contributed by atoms with Crippen molar-refractivity contribution in [3.63, 3.8) is 0 Å². The molecule has 1 aliphatic rings. The minimum absolute atomic E-state index is 0.683. The van der Waals surface area contributed by atoms with Crippen LogP contribution in [0.25, 0.3) is 0 Å². The minimum Gasteiger partial charge on any atom is -0.315 e. The SMILES string of the molecule is Brc1csc(CCNC2CCCNC2)c1. The Morgan fingerprint density at radius 2 is 2.53 bits per heavy atom. The second-order valence-corrected chi connectivity index (χ2v) is 5.89. The number of piperidine rings is 1. The number of halogens is 1. The maximum absolute atomic E-state index is 3.61. The van der Waals surface area contributed by atoms with Gasteiger partial charge in [0.2, 0.25) is 0 Å². The molecule has 0 aromatic carbocycles. The van der Waals surface area contributed by atoms with Crippen LogP contribution in [-0.2, 0) is 6.42 Å². The smallest absolute Gasteiger partial charge is 0.0285 e. The fraction of sp³-hybridized carbons (Fsp3) is 0.636. The highest BCUT2D eigenvalue weighted by Crippen LogP contribution is 2.19. The van der Waals surface area contributed by atoms with Gasteiger partial charge < -0.3 is 10.6 Å². The van der Waals surface area contributed by atoms with Crippen molar-refractivity contribution in [3.8, 4) is 0 Å². The third-order valence-electron chi connectivity index (χ3n) is 2.72. The first-order valence-corrected chi connectivity index (χ1v) is 7.19. The molecule has 0 spiro atoms. The second kappa shape index (κ2) is 5.99. The fourth-order valence-electron chi connectivity index (χ4n) is 1.91. The van der Waals surface area contributed by atoms with Gasteiger partial charge in [-0.2, -0.15) is 0 Å². The summed E-state index contributed by atoms with van der Waals surface area (Å²) < 4.78 is 1.21. The van der Waals surface area contributed by atoms with E-state index in [1.807, 2.05) is 11.3 Å². The normalized spacial score (nSPS) is 21.8. The zero-order chi connectivity index (χ0) is 10.5. The van der Waals surface area contributed by atoms with Gasteiger partial charge in [-0.1, -0.05) is 0 Å². The van der Waals surface area contributed by atoms with Crippen LogP contribution in [-0.4, -0.2) is 25.7 Å². The molecule has 2 N–H and O–H groups in total. The van der Waals surface area contributed by atoms with Crippen LogP contribution >= 0.6 is 27.3 Å². The molecule has 0 aliphatic carbocycles. The molecule has 1 atom stereocenters. The topological polar surface area (TPSA) is 24.1 Å². The molecule has 1 unspecified atom stereocenters. The molecule has 2 nitrogen and oxygen atoms in total. The Balaban J connectivity index is 1.65. The Bertz CT molecular complexity index is 295. The molecule has 15 heavy (non-hydrogen) atoms. The van der Waals surface area contributed by atoms with Crippen LogP contribution in [0.15, 0.2) is 15.9 Å². The Labute approximate surface area is 104 Å². The number of nitrogens with one attached hydrogen (secondary N) is 2. The lowest BCUT2D eigenvalue weighted by Gasteiger charge is -2.23. The maximum atomic E-state index is 3.61. The monoisotopic (exact) mass is 288 g/mol. The molecule has 84 valence electrons. The van der Waals surface area contributed by atoms with Crippen LogP contribution in [0.1, 0.15) is 17.7 Å². The highest BCUT2D eigenvalue weighted by Gasteiger charge is 2.11. The van der Waals surface area contributed by atoms with Crippen molar-refractivity contribution in [1.82, 2.24) is 10.6 Å². The molecule has 1 aromatic heterocycles. The Morgan fingerprint density at radius 3 is 3.20 bits per heavy atom. The van der Waals surface area contributed by atoms with Crippen molar-refractivity contribution in [3.05, 3.63) is 20.8 Å². The summed E-state index contributed by atoms with van der Waals surface area (Å²) in [7, 11) is 0. The molecule has 0 bridgehead atoms. The lowest BCUT2D eigenvalue weighted by molar-refractivity contribution is 0.392. The number of rotatable bonds is 4. The first-order chi connectivity index (χ1) is 7.34. The Kier molecular flexibility index (Phi) is 4.62. The van der Waals surface area contributed by atoms with E-state index in [2.05, 4.69) is 38.0 Å². The zero-order valence-corrected chi connectivity index (χ0v) is 11.2. The lowest BCUT2D eigenvalue weighted by atomic mass is 10.1. The molecular formula is C11H17BrN2S. The largest absolute Gasteiger partial charge is 0.315 e. The van der Waals surface area contributed by atoms with Gasteiger partial charge in [0.05, 0.1) is 0 Å². The minimum atomic E-state index is 0.683. The zero-order valence-electron chi connectivity index (χ0n) is 8.76. The summed E-state index contributed by atoms with van der Waals surface area (Å²) in [5.74, 6) is 0. The standard InChI is InChI=1S/C11H17BrN2S/c12-9-6-11(15-8-9)3-5-14-10-2-1-4-13-7-10/h6,8,10,13-14H,1-5,7H2. The van der Waals surface area contributed by atoms with Crippen LogP contribution in [0.2, 0.25) is 0 Å². The second-order valence-electron chi connectivity index (χ2n) is 3.98. The molecule has 1 aliphatic heterocycles. The Hall–Kier alpha value is 0.1000. The van der Waals surface area contributed by atoms with Crippen LogP contribution in [0.3, 0.4) is 0 Å². The van der Waals surface area contributed by atoms with E-state index < -0.39 is 0 Å². The third kappa shape index (κ3) is 3.87. The average molecular weight is 289 g/mol. The molecule has 2 rings (SSSR count). The summed E-state index contributed by atoms with van der Waals surface area (Å²) in [6.07, 6.45) is 3.77. The first-order valence-electron chi connectivity index (χ1n) is 5.51. The summed E-state index contributed by atoms with van der Waals surface area (Å²) >= 11 is 5.31. The third-order valence-corrected chi connectivity index (χ3v) is 4.48. The molecular weight excluding hydrogens is 272 g/mol. The first kappa shape index (κ1) is 11.6. The van der Waals surface area contributed by atoms with Gasteiger partial charge in [-0.3, -0.25) is 0 Å². The summed E-state index contributed by atoms with van der Waals surface area (Å²) in [5, 5.41) is 9.18. The van der Waals surface area contributed by atoms with Gasteiger partial charge in [-0.25, -0.2) is 0 Å². The summed E-state index contributed by atoms with van der Waals surface area (Å²) in [6.45, 7) is 3.42. The van der Waals surface area contributed by atoms with Crippen molar-refractivity contribution in [2.45, 2.75) is 25.3 Å². The number of hydrogen-bond acceptors (Lipinski definition) is 3. The van der Waals surface area contributed by atoms with E-state index in [9.17, 15) is 0 Å². The van der Waals surface area contributed by atoms with Crippen LogP contribution in [0.4, 0.5) is 0 Å². The van der Waals surface area contributed by atoms with Crippen molar-refractivity contribution >= 4 is 27.3 Å². The molecule has 0 saturated carbocycles. The van der Waals surface area contributed by atoms with Crippen LogP contribution < -0.4 is 10.6 Å². The molecule has 2 heterocycles. The van der Waals surface area contributed by atoms with Crippen molar-refractivity contribution in [2.75, 3.05) is 19.6 Å². The van der Waals surface area contributed by atoms with Gasteiger partial charge in [0.1, 0.15) is 0 Å². The van der Waals surface area contributed by atoms with E-state index in [0.29, 0.717) is 6.04 Å². The van der Waals surface area contributed by atoms with Gasteiger partial charge in [0.15, 0.2) is 0 Å². The quantitative estimate of drug-likeness (QED) is 0.889. The van der Waals surface area contributed by atoms with E-state index in [-0.39, 0.29) is 0 Å². The van der Waals surface area contributed by atoms with E-state index >= 15 is 0 Å². The van der Waals surface area contributed by atoms with Gasteiger partial charge >= 0.3 is 0 Å². The molecule has 0 radical (unpaired) electrons. The highest BCUT2D eigenvalue weighted by atomic mass is 79.9. The molecule has 0 amide bonds. The van der Waals surface area contributed by atoms with Crippen molar-refractivity contribution in [1.29, 1.82) is 0 Å². The van der Waals surface area contributed by atoms with E-state index in [0.717, 1.165) is 19.5 Å². The summed E-state index contributed by atoms with van der Waals surface area (Å²) in [4.78, 5) is 1.46. The summed E-state index contributed by atoms with van der Waals surface area (Å²) in [5.41, 5.74) is 0. The van der Waals surface area contributed by atoms with Gasteiger partial charge in [-0.15, -0.1) is 11.3 Å². The van der Waals surface area contributed by atoms with E-state index in [1.165, 1.54) is 28.7 Å². The number of thiophene rings is 1. The lowest BCUT2D eigenvalue weighted by Crippen LogP contribution is -2.43. The van der Waals surface area contributed by atoms with Crippen molar-refractivity contribution in [2.24, 2.45) is 0 Å². The average Bonchev–Trinajstić information content (AvgIpc) is 2.66. The van der Waals surface area contributed by atoms with Gasteiger partial charge in [0, 0.05) is 33.9 Å². The highest BCUT2D eigenvalue weighted by molar-refractivity contribution is 9.10. The van der Waals surface area contributed by atoms with Crippen molar-refractivity contribution < 1.29 is 0 Å². The fourth-order valence-corrected chi connectivity index (χ4v) is 3.37. The molecule has 4 heteroatoms. The van der Waals surface area contributed by atoms with Gasteiger partial charge in [0.25, 0.3) is 0 Å². The predicted octanol–water partition coefficient (Wildman–Crippen LogP) is 2.39. The summed E-state index contributed by atoms with van der Waals surface area (Å²) in [6, 6.07) is 2.90.